The molecule has 5 nitrogen and oxygen atoms in total. The van der Waals surface area contributed by atoms with Gasteiger partial charge in [-0.1, -0.05) is 6.92 Å². The lowest BCUT2D eigenvalue weighted by molar-refractivity contribution is -0.136. The zero-order valence-corrected chi connectivity index (χ0v) is 12.7. The van der Waals surface area contributed by atoms with Gasteiger partial charge in [-0.05, 0) is 37.6 Å². The normalized spacial score (nSPS) is 33.2. The molecule has 2 heterocycles. The maximum atomic E-state index is 12.7. The van der Waals surface area contributed by atoms with Gasteiger partial charge in [-0.15, -0.1) is 0 Å². The Morgan fingerprint density at radius 1 is 1.43 bits per heavy atom. The van der Waals surface area contributed by atoms with Gasteiger partial charge in [-0.25, -0.2) is 4.98 Å². The molecule has 0 unspecified atom stereocenters. The lowest BCUT2D eigenvalue weighted by atomic mass is 10.1. The molecule has 1 N–H and O–H groups in total. The first kappa shape index (κ1) is 13.3. The first-order valence-electron chi connectivity index (χ1n) is 8.30. The van der Waals surface area contributed by atoms with Gasteiger partial charge in [0.05, 0.1) is 6.04 Å². The fraction of sp³-hybridized carbons (Fsp3) is 0.750. The van der Waals surface area contributed by atoms with Crippen LogP contribution in [0.15, 0.2) is 12.4 Å². The number of hydrogen-bond donors (Lipinski definition) is 1. The van der Waals surface area contributed by atoms with Gasteiger partial charge in [0.1, 0.15) is 5.82 Å². The number of carbonyl (C=O) groups excluding carboxylic acids is 1. The van der Waals surface area contributed by atoms with Crippen molar-refractivity contribution >= 4 is 5.91 Å². The van der Waals surface area contributed by atoms with E-state index in [4.69, 9.17) is 0 Å². The molecule has 1 aromatic heterocycles. The second-order valence-corrected chi connectivity index (χ2v) is 6.75. The Bertz CT molecular complexity index is 510. The van der Waals surface area contributed by atoms with Gasteiger partial charge in [0.25, 0.3) is 0 Å². The number of aromatic nitrogens is 2. The molecule has 1 amide bonds. The van der Waals surface area contributed by atoms with E-state index in [2.05, 4.69) is 26.7 Å². The molecule has 1 aromatic rings. The molecule has 4 rings (SSSR count). The predicted octanol–water partition coefficient (Wildman–Crippen LogP) is 1.66. The molecule has 3 fully saturated rings. The van der Waals surface area contributed by atoms with Gasteiger partial charge in [0.2, 0.25) is 5.91 Å². The molecule has 0 radical (unpaired) electrons. The number of hydrogen-bond acceptors (Lipinski definition) is 3. The summed E-state index contributed by atoms with van der Waals surface area (Å²) in [7, 11) is 0. The van der Waals surface area contributed by atoms with Crippen molar-refractivity contribution in [1.82, 2.24) is 19.8 Å². The number of imidazole rings is 1. The molecule has 2 aliphatic carbocycles. The zero-order chi connectivity index (χ0) is 14.4. The molecule has 3 aliphatic rings. The Morgan fingerprint density at radius 3 is 2.95 bits per heavy atom. The van der Waals surface area contributed by atoms with E-state index in [9.17, 15) is 4.79 Å². The Labute approximate surface area is 125 Å². The summed E-state index contributed by atoms with van der Waals surface area (Å²) >= 11 is 0. The Balaban J connectivity index is 1.44. The molecule has 114 valence electrons. The maximum Gasteiger partial charge on any atom is 0.226 e. The van der Waals surface area contributed by atoms with Gasteiger partial charge in [-0.3, -0.25) is 9.69 Å². The molecule has 0 bridgehead atoms. The molecule has 21 heavy (non-hydrogen) atoms. The van der Waals surface area contributed by atoms with Crippen LogP contribution in [0.25, 0.3) is 0 Å². The SMILES string of the molecule is CCN1CCN(C(=O)[C@@H]2C[C@H]2C2CC2)C[C@@H]1c1ncc[nH]1. The van der Waals surface area contributed by atoms with Crippen molar-refractivity contribution in [2.75, 3.05) is 26.2 Å². The largest absolute Gasteiger partial charge is 0.347 e. The van der Waals surface area contributed by atoms with E-state index in [-0.39, 0.29) is 6.04 Å². The molecule has 1 saturated heterocycles. The fourth-order valence-electron chi connectivity index (χ4n) is 3.90. The first-order chi connectivity index (χ1) is 10.3. The lowest BCUT2D eigenvalue weighted by Crippen LogP contribution is -2.51. The summed E-state index contributed by atoms with van der Waals surface area (Å²) in [4.78, 5) is 24.8. The Kier molecular flexibility index (Phi) is 3.25. The molecular weight excluding hydrogens is 264 g/mol. The number of H-pyrrole nitrogens is 1. The minimum atomic E-state index is 0.223. The summed E-state index contributed by atoms with van der Waals surface area (Å²) in [6.07, 6.45) is 7.52. The molecule has 5 heteroatoms. The van der Waals surface area contributed by atoms with Crippen LogP contribution in [-0.4, -0.2) is 51.9 Å². The van der Waals surface area contributed by atoms with Gasteiger partial charge in [0.15, 0.2) is 0 Å². The van der Waals surface area contributed by atoms with Crippen molar-refractivity contribution in [2.45, 2.75) is 32.2 Å². The predicted molar refractivity (Wildman–Crippen MR) is 79.5 cm³/mol. The van der Waals surface area contributed by atoms with Crippen LogP contribution in [0.3, 0.4) is 0 Å². The van der Waals surface area contributed by atoms with Crippen LogP contribution in [0.2, 0.25) is 0 Å². The maximum absolute atomic E-state index is 12.7. The van der Waals surface area contributed by atoms with Crippen molar-refractivity contribution in [2.24, 2.45) is 17.8 Å². The summed E-state index contributed by atoms with van der Waals surface area (Å²) in [5, 5.41) is 0. The Hall–Kier alpha value is -1.36. The summed E-state index contributed by atoms with van der Waals surface area (Å²) in [6.45, 7) is 5.79. The summed E-state index contributed by atoms with van der Waals surface area (Å²) < 4.78 is 0. The van der Waals surface area contributed by atoms with Crippen molar-refractivity contribution in [3.05, 3.63) is 18.2 Å². The minimum absolute atomic E-state index is 0.223. The highest BCUT2D eigenvalue weighted by Crippen LogP contribution is 2.55. The number of likely N-dealkylation sites (N-methyl/N-ethyl adjacent to an activating group) is 1. The monoisotopic (exact) mass is 288 g/mol. The number of aromatic amines is 1. The van der Waals surface area contributed by atoms with E-state index in [0.29, 0.717) is 17.7 Å². The van der Waals surface area contributed by atoms with Gasteiger partial charge in [0, 0.05) is 37.9 Å². The second-order valence-electron chi connectivity index (χ2n) is 6.75. The van der Waals surface area contributed by atoms with E-state index in [1.807, 2.05) is 6.20 Å². The van der Waals surface area contributed by atoms with E-state index < -0.39 is 0 Å². The molecule has 1 aliphatic heterocycles. The zero-order valence-electron chi connectivity index (χ0n) is 12.7. The number of amides is 1. The first-order valence-corrected chi connectivity index (χ1v) is 8.30. The van der Waals surface area contributed by atoms with E-state index >= 15 is 0 Å². The highest BCUT2D eigenvalue weighted by Gasteiger charge is 2.52. The highest BCUT2D eigenvalue weighted by molar-refractivity contribution is 5.82. The number of carbonyl (C=O) groups is 1. The fourth-order valence-corrected chi connectivity index (χ4v) is 3.90. The molecule has 0 aromatic carbocycles. The van der Waals surface area contributed by atoms with Crippen LogP contribution >= 0.6 is 0 Å². The van der Waals surface area contributed by atoms with Gasteiger partial charge in [-0.2, -0.15) is 0 Å². The number of piperazine rings is 1. The van der Waals surface area contributed by atoms with Crippen molar-refractivity contribution in [1.29, 1.82) is 0 Å². The Morgan fingerprint density at radius 2 is 2.29 bits per heavy atom. The summed E-state index contributed by atoms with van der Waals surface area (Å²) in [5.41, 5.74) is 0. The highest BCUT2D eigenvalue weighted by atomic mass is 16.2. The third kappa shape index (κ3) is 2.48. The molecule has 2 saturated carbocycles. The van der Waals surface area contributed by atoms with Crippen molar-refractivity contribution < 1.29 is 4.79 Å². The molecule has 0 spiro atoms. The summed E-state index contributed by atoms with van der Waals surface area (Å²) in [5.74, 6) is 3.31. The molecule has 3 atom stereocenters. The molecular formula is C16H24N4O. The average Bonchev–Trinajstić information content (AvgIpc) is 3.42. The second kappa shape index (κ2) is 5.13. The van der Waals surface area contributed by atoms with Gasteiger partial charge < -0.3 is 9.88 Å². The van der Waals surface area contributed by atoms with Crippen LogP contribution in [0.1, 0.15) is 38.1 Å². The smallest absolute Gasteiger partial charge is 0.226 e. The number of rotatable bonds is 4. The quantitative estimate of drug-likeness (QED) is 0.917. The topological polar surface area (TPSA) is 52.2 Å². The third-order valence-corrected chi connectivity index (χ3v) is 5.43. The minimum Gasteiger partial charge on any atom is -0.347 e. The van der Waals surface area contributed by atoms with Crippen LogP contribution < -0.4 is 0 Å². The van der Waals surface area contributed by atoms with E-state index in [1.165, 1.54) is 12.8 Å². The summed E-state index contributed by atoms with van der Waals surface area (Å²) in [6, 6.07) is 0.223. The number of nitrogens with zero attached hydrogens (tertiary/aromatic N) is 3. The van der Waals surface area contributed by atoms with Crippen molar-refractivity contribution in [3.63, 3.8) is 0 Å². The van der Waals surface area contributed by atoms with Crippen LogP contribution in [0.5, 0.6) is 0 Å². The third-order valence-electron chi connectivity index (χ3n) is 5.43. The standard InChI is InChI=1S/C16H24N4O/c1-2-19-7-8-20(10-14(19)15-17-5-6-18-15)16(21)13-9-12(13)11-3-4-11/h5-6,11-14H,2-4,7-10H2,1H3,(H,17,18)/t12-,13+,14+/m0/s1. The van der Waals surface area contributed by atoms with Crippen LogP contribution in [0, 0.1) is 17.8 Å². The lowest BCUT2D eigenvalue weighted by Gasteiger charge is -2.40. The van der Waals surface area contributed by atoms with E-state index in [1.54, 1.807) is 6.20 Å². The van der Waals surface area contributed by atoms with Crippen LogP contribution in [0.4, 0.5) is 0 Å². The van der Waals surface area contributed by atoms with E-state index in [0.717, 1.165) is 44.3 Å². The number of nitrogens with one attached hydrogen (secondary N) is 1. The van der Waals surface area contributed by atoms with Crippen molar-refractivity contribution in [3.8, 4) is 0 Å². The average molecular weight is 288 g/mol. The van der Waals surface area contributed by atoms with Crippen LogP contribution in [-0.2, 0) is 4.79 Å². The van der Waals surface area contributed by atoms with Gasteiger partial charge >= 0.3 is 0 Å².